The fraction of sp³-hybridized carbons (Fsp3) is 0.455. The first-order valence-corrected chi connectivity index (χ1v) is 6.05. The van der Waals surface area contributed by atoms with Gasteiger partial charge >= 0.3 is 5.97 Å². The number of carboxylic acid groups (broad SMARTS) is 1. The van der Waals surface area contributed by atoms with Crippen LogP contribution in [-0.4, -0.2) is 34.7 Å². The molecule has 0 saturated carbocycles. The van der Waals surface area contributed by atoms with Crippen molar-refractivity contribution in [2.75, 3.05) is 6.54 Å². The zero-order chi connectivity index (χ0) is 13.0. The number of nitrogens with one attached hydrogen (secondary N) is 1. The van der Waals surface area contributed by atoms with Crippen LogP contribution in [0, 0.1) is 6.92 Å². The van der Waals surface area contributed by atoms with Crippen molar-refractivity contribution >= 4 is 23.2 Å². The summed E-state index contributed by atoms with van der Waals surface area (Å²) in [6, 6.07) is 1.79. The number of aliphatic carboxylic acids is 1. The lowest BCUT2D eigenvalue weighted by atomic mass is 10.2. The molecule has 0 bridgehead atoms. The number of amides is 1. The molecular weight excluding hydrogens is 242 g/mol. The van der Waals surface area contributed by atoms with Crippen molar-refractivity contribution in [1.82, 2.24) is 5.32 Å². The summed E-state index contributed by atoms with van der Waals surface area (Å²) in [6.45, 7) is 3.66. The van der Waals surface area contributed by atoms with E-state index in [0.717, 1.165) is 16.9 Å². The molecule has 0 spiro atoms. The van der Waals surface area contributed by atoms with E-state index in [4.69, 9.17) is 10.2 Å². The Balaban J connectivity index is 2.61. The monoisotopic (exact) mass is 257 g/mol. The van der Waals surface area contributed by atoms with Crippen LogP contribution in [0.25, 0.3) is 0 Å². The summed E-state index contributed by atoms with van der Waals surface area (Å²) in [6.07, 6.45) is -0.710. The minimum absolute atomic E-state index is 0.285. The Bertz CT molecular complexity index is 427. The molecule has 0 aliphatic heterocycles. The molecule has 1 heterocycles. The fourth-order valence-electron chi connectivity index (χ4n) is 1.35. The van der Waals surface area contributed by atoms with Crippen molar-refractivity contribution in [3.63, 3.8) is 0 Å². The quantitative estimate of drug-likeness (QED) is 0.728. The number of carbonyl (C=O) groups is 2. The Hall–Kier alpha value is -1.40. The molecule has 1 amide bonds. The van der Waals surface area contributed by atoms with E-state index in [1.54, 1.807) is 6.07 Å². The average Bonchev–Trinajstić information content (AvgIpc) is 2.66. The van der Waals surface area contributed by atoms with E-state index in [2.05, 4.69) is 5.32 Å². The molecule has 1 rings (SSSR count). The molecule has 0 aromatic carbocycles. The minimum Gasteiger partial charge on any atom is -0.479 e. The van der Waals surface area contributed by atoms with E-state index in [9.17, 15) is 9.59 Å². The molecule has 0 aliphatic rings. The highest BCUT2D eigenvalue weighted by molar-refractivity contribution is 7.14. The van der Waals surface area contributed by atoms with Gasteiger partial charge in [-0.15, -0.1) is 11.3 Å². The summed E-state index contributed by atoms with van der Waals surface area (Å²) in [5.74, 6) is -1.69. The molecule has 1 atom stereocenters. The van der Waals surface area contributed by atoms with Crippen LogP contribution in [0.5, 0.6) is 0 Å². The Morgan fingerprint density at radius 2 is 2.18 bits per heavy atom. The van der Waals surface area contributed by atoms with Crippen molar-refractivity contribution < 1.29 is 19.8 Å². The number of aliphatic hydroxyl groups is 1. The second kappa shape index (κ2) is 5.79. The van der Waals surface area contributed by atoms with Gasteiger partial charge in [-0.1, -0.05) is 6.92 Å². The first kappa shape index (κ1) is 13.7. The third-order valence-electron chi connectivity index (χ3n) is 2.37. The fourth-order valence-corrected chi connectivity index (χ4v) is 2.38. The Labute approximate surface area is 103 Å². The summed E-state index contributed by atoms with van der Waals surface area (Å²) in [4.78, 5) is 23.6. The average molecular weight is 257 g/mol. The number of aryl methyl sites for hydroxylation is 2. The van der Waals surface area contributed by atoms with Crippen molar-refractivity contribution in [2.24, 2.45) is 0 Å². The van der Waals surface area contributed by atoms with Gasteiger partial charge in [0.2, 0.25) is 0 Å². The lowest BCUT2D eigenvalue weighted by molar-refractivity contribution is -0.146. The zero-order valence-electron chi connectivity index (χ0n) is 9.69. The number of thiophene rings is 1. The van der Waals surface area contributed by atoms with Gasteiger partial charge in [0.25, 0.3) is 5.91 Å². The minimum atomic E-state index is -1.56. The van der Waals surface area contributed by atoms with Crippen LogP contribution in [0.15, 0.2) is 6.07 Å². The number of rotatable bonds is 5. The van der Waals surface area contributed by atoms with Gasteiger partial charge in [0.1, 0.15) is 0 Å². The zero-order valence-corrected chi connectivity index (χ0v) is 10.5. The summed E-state index contributed by atoms with van der Waals surface area (Å²) >= 11 is 1.37. The number of carbonyl (C=O) groups excluding carboxylic acids is 1. The second-order valence-electron chi connectivity index (χ2n) is 3.61. The van der Waals surface area contributed by atoms with Gasteiger partial charge < -0.3 is 15.5 Å². The largest absolute Gasteiger partial charge is 0.479 e. The molecule has 94 valence electrons. The Morgan fingerprint density at radius 1 is 1.53 bits per heavy atom. The van der Waals surface area contributed by atoms with Gasteiger partial charge in [-0.2, -0.15) is 0 Å². The van der Waals surface area contributed by atoms with Crippen molar-refractivity contribution in [1.29, 1.82) is 0 Å². The van der Waals surface area contributed by atoms with E-state index in [0.29, 0.717) is 4.88 Å². The van der Waals surface area contributed by atoms with Crippen LogP contribution in [0.4, 0.5) is 0 Å². The SMILES string of the molecule is CCc1cc(C(=O)NC[C@H](O)C(=O)O)sc1C. The molecule has 5 nitrogen and oxygen atoms in total. The summed E-state index contributed by atoms with van der Waals surface area (Å²) < 4.78 is 0. The van der Waals surface area contributed by atoms with Crippen molar-refractivity contribution in [3.05, 3.63) is 21.4 Å². The molecule has 0 radical (unpaired) electrons. The number of hydrogen-bond acceptors (Lipinski definition) is 4. The van der Waals surface area contributed by atoms with Crippen LogP contribution in [-0.2, 0) is 11.2 Å². The lowest BCUT2D eigenvalue weighted by Gasteiger charge is -2.06. The molecule has 3 N–H and O–H groups in total. The van der Waals surface area contributed by atoms with Crippen LogP contribution in [0.2, 0.25) is 0 Å². The molecule has 0 fully saturated rings. The van der Waals surface area contributed by atoms with Crippen molar-refractivity contribution in [2.45, 2.75) is 26.4 Å². The maximum absolute atomic E-state index is 11.6. The van der Waals surface area contributed by atoms with Crippen LogP contribution in [0.3, 0.4) is 0 Å². The second-order valence-corrected chi connectivity index (χ2v) is 4.87. The molecule has 6 heteroatoms. The molecular formula is C11H15NO4S. The topological polar surface area (TPSA) is 86.6 Å². The van der Waals surface area contributed by atoms with Gasteiger partial charge in [-0.25, -0.2) is 4.79 Å². The van der Waals surface area contributed by atoms with Gasteiger partial charge in [0.15, 0.2) is 6.10 Å². The predicted octanol–water partition coefficient (Wildman–Crippen LogP) is 0.794. The van der Waals surface area contributed by atoms with E-state index in [-0.39, 0.29) is 12.5 Å². The molecule has 1 aromatic rings. The smallest absolute Gasteiger partial charge is 0.334 e. The Morgan fingerprint density at radius 3 is 2.65 bits per heavy atom. The highest BCUT2D eigenvalue weighted by Gasteiger charge is 2.16. The van der Waals surface area contributed by atoms with Gasteiger partial charge in [-0.3, -0.25) is 4.79 Å². The predicted molar refractivity (Wildman–Crippen MR) is 64.4 cm³/mol. The first-order chi connectivity index (χ1) is 7.95. The highest BCUT2D eigenvalue weighted by atomic mass is 32.1. The first-order valence-electron chi connectivity index (χ1n) is 5.24. The van der Waals surface area contributed by atoms with E-state index in [1.807, 2.05) is 13.8 Å². The lowest BCUT2D eigenvalue weighted by Crippen LogP contribution is -2.36. The standard InChI is InChI=1S/C11H15NO4S/c1-3-7-4-9(17-6(7)2)10(14)12-5-8(13)11(15)16/h4,8,13H,3,5H2,1-2H3,(H,12,14)(H,15,16)/t8-/m0/s1. The summed E-state index contributed by atoms with van der Waals surface area (Å²) in [5, 5.41) is 19.9. The summed E-state index contributed by atoms with van der Waals surface area (Å²) in [7, 11) is 0. The normalized spacial score (nSPS) is 12.2. The maximum Gasteiger partial charge on any atom is 0.334 e. The molecule has 0 saturated heterocycles. The van der Waals surface area contributed by atoms with Crippen LogP contribution in [0.1, 0.15) is 27.0 Å². The number of hydrogen-bond donors (Lipinski definition) is 3. The number of carboxylic acids is 1. The summed E-state index contributed by atoms with van der Waals surface area (Å²) in [5.41, 5.74) is 1.11. The third kappa shape index (κ3) is 3.54. The van der Waals surface area contributed by atoms with E-state index < -0.39 is 12.1 Å². The molecule has 0 aliphatic carbocycles. The van der Waals surface area contributed by atoms with Crippen molar-refractivity contribution in [3.8, 4) is 0 Å². The van der Waals surface area contributed by atoms with Gasteiger partial charge in [-0.05, 0) is 25.0 Å². The van der Waals surface area contributed by atoms with Gasteiger partial charge in [0.05, 0.1) is 11.4 Å². The molecule has 17 heavy (non-hydrogen) atoms. The molecule has 0 unspecified atom stereocenters. The third-order valence-corrected chi connectivity index (χ3v) is 3.46. The van der Waals surface area contributed by atoms with Crippen LogP contribution >= 0.6 is 11.3 Å². The van der Waals surface area contributed by atoms with Crippen LogP contribution < -0.4 is 5.32 Å². The number of aliphatic hydroxyl groups excluding tert-OH is 1. The maximum atomic E-state index is 11.6. The Kier molecular flexibility index (Phi) is 4.65. The van der Waals surface area contributed by atoms with E-state index >= 15 is 0 Å². The molecule has 1 aromatic heterocycles. The van der Waals surface area contributed by atoms with E-state index in [1.165, 1.54) is 11.3 Å². The van der Waals surface area contributed by atoms with Gasteiger partial charge in [0, 0.05) is 4.88 Å². The highest BCUT2D eigenvalue weighted by Crippen LogP contribution is 2.21.